The van der Waals surface area contributed by atoms with Crippen LogP contribution in [0.1, 0.15) is 35.9 Å². The van der Waals surface area contributed by atoms with E-state index >= 15 is 0 Å². The molecule has 6 nitrogen and oxygen atoms in total. The van der Waals surface area contributed by atoms with Crippen LogP contribution in [0.15, 0.2) is 24.4 Å². The molecule has 1 N–H and O–H groups in total. The van der Waals surface area contributed by atoms with Gasteiger partial charge in [0, 0.05) is 12.1 Å². The number of aromatic nitrogens is 2. The topological polar surface area (TPSA) is 65.4 Å². The lowest BCUT2D eigenvalue weighted by molar-refractivity contribution is 0.0929. The molecular weight excluding hydrogens is 318 g/mol. The van der Waals surface area contributed by atoms with Gasteiger partial charge in [-0.1, -0.05) is 11.6 Å². The van der Waals surface area contributed by atoms with Crippen LogP contribution in [0.25, 0.3) is 0 Å². The van der Waals surface area contributed by atoms with Gasteiger partial charge in [0.05, 0.1) is 31.5 Å². The number of rotatable bonds is 6. The molecule has 2 aromatic rings. The molecule has 7 heteroatoms. The molecule has 0 bridgehead atoms. The maximum absolute atomic E-state index is 12.5. The van der Waals surface area contributed by atoms with E-state index in [1.807, 2.05) is 19.9 Å². The van der Waals surface area contributed by atoms with E-state index < -0.39 is 0 Å². The number of carbonyl (C=O) groups is 1. The SMILES string of the molecule is CCn1ncc(Cl)c1C(=O)NC(C)c1cc(OC)ccc1OC. The van der Waals surface area contributed by atoms with Gasteiger partial charge in [0.15, 0.2) is 0 Å². The summed E-state index contributed by atoms with van der Waals surface area (Å²) in [4.78, 5) is 12.5. The molecule has 0 aliphatic heterocycles. The number of ether oxygens (including phenoxy) is 2. The summed E-state index contributed by atoms with van der Waals surface area (Å²) < 4.78 is 12.2. The Hall–Kier alpha value is -2.21. The van der Waals surface area contributed by atoms with E-state index in [4.69, 9.17) is 21.1 Å². The minimum absolute atomic E-state index is 0.285. The lowest BCUT2D eigenvalue weighted by Crippen LogP contribution is -2.29. The lowest BCUT2D eigenvalue weighted by atomic mass is 10.1. The smallest absolute Gasteiger partial charge is 0.271 e. The molecule has 0 radical (unpaired) electrons. The minimum Gasteiger partial charge on any atom is -0.497 e. The number of amides is 1. The van der Waals surface area contributed by atoms with Crippen molar-refractivity contribution in [2.45, 2.75) is 26.4 Å². The van der Waals surface area contributed by atoms with Gasteiger partial charge in [-0.25, -0.2) is 0 Å². The van der Waals surface area contributed by atoms with E-state index in [9.17, 15) is 4.79 Å². The standard InChI is InChI=1S/C16H20ClN3O3/c1-5-20-15(13(17)9-18-20)16(21)19-10(2)12-8-11(22-3)6-7-14(12)23-4/h6-10H,5H2,1-4H3,(H,19,21). The van der Waals surface area contributed by atoms with Crippen molar-refractivity contribution in [1.82, 2.24) is 15.1 Å². The average Bonchev–Trinajstić information content (AvgIpc) is 2.94. The Labute approximate surface area is 140 Å². The third-order valence-corrected chi connectivity index (χ3v) is 3.84. The molecule has 1 aromatic heterocycles. The summed E-state index contributed by atoms with van der Waals surface area (Å²) in [6, 6.07) is 5.16. The van der Waals surface area contributed by atoms with Gasteiger partial charge < -0.3 is 14.8 Å². The number of halogens is 1. The van der Waals surface area contributed by atoms with Gasteiger partial charge in [0.2, 0.25) is 0 Å². The Kier molecular flexibility index (Phi) is 5.50. The zero-order chi connectivity index (χ0) is 17.0. The van der Waals surface area contributed by atoms with Crippen molar-refractivity contribution in [3.8, 4) is 11.5 Å². The number of carbonyl (C=O) groups excluding carboxylic acids is 1. The molecule has 1 heterocycles. The van der Waals surface area contributed by atoms with E-state index in [-0.39, 0.29) is 11.9 Å². The number of nitrogens with zero attached hydrogens (tertiary/aromatic N) is 2. The molecule has 1 amide bonds. The predicted molar refractivity (Wildman–Crippen MR) is 88.3 cm³/mol. The number of nitrogens with one attached hydrogen (secondary N) is 1. The number of methoxy groups -OCH3 is 2. The highest BCUT2D eigenvalue weighted by atomic mass is 35.5. The maximum Gasteiger partial charge on any atom is 0.271 e. The van der Waals surface area contributed by atoms with Crippen LogP contribution in [0.2, 0.25) is 5.02 Å². The molecule has 0 spiro atoms. The van der Waals surface area contributed by atoms with E-state index in [0.717, 1.165) is 5.56 Å². The number of aryl methyl sites for hydroxylation is 1. The fourth-order valence-electron chi connectivity index (χ4n) is 2.35. The van der Waals surface area contributed by atoms with E-state index in [0.29, 0.717) is 28.8 Å². The normalized spacial score (nSPS) is 11.9. The van der Waals surface area contributed by atoms with E-state index in [1.54, 1.807) is 31.0 Å². The first-order chi connectivity index (χ1) is 11.0. The zero-order valence-corrected chi connectivity index (χ0v) is 14.3. The molecule has 1 aromatic carbocycles. The van der Waals surface area contributed by atoms with Crippen LogP contribution in [0.3, 0.4) is 0 Å². The van der Waals surface area contributed by atoms with Gasteiger partial charge in [0.25, 0.3) is 5.91 Å². The first kappa shape index (κ1) is 17.1. The molecule has 23 heavy (non-hydrogen) atoms. The minimum atomic E-state index is -0.288. The lowest BCUT2D eigenvalue weighted by Gasteiger charge is -2.18. The van der Waals surface area contributed by atoms with Crippen molar-refractivity contribution in [3.63, 3.8) is 0 Å². The summed E-state index contributed by atoms with van der Waals surface area (Å²) in [6.45, 7) is 4.33. The Morgan fingerprint density at radius 1 is 1.39 bits per heavy atom. The van der Waals surface area contributed by atoms with Crippen LogP contribution in [0.5, 0.6) is 11.5 Å². The third-order valence-electron chi connectivity index (χ3n) is 3.56. The van der Waals surface area contributed by atoms with Crippen LogP contribution < -0.4 is 14.8 Å². The van der Waals surface area contributed by atoms with Gasteiger partial charge in [0.1, 0.15) is 17.2 Å². The molecule has 1 atom stereocenters. The van der Waals surface area contributed by atoms with E-state index in [1.165, 1.54) is 6.20 Å². The largest absolute Gasteiger partial charge is 0.497 e. The fraction of sp³-hybridized carbons (Fsp3) is 0.375. The molecule has 1 unspecified atom stereocenters. The van der Waals surface area contributed by atoms with E-state index in [2.05, 4.69) is 10.4 Å². The van der Waals surface area contributed by atoms with Crippen molar-refractivity contribution in [2.75, 3.05) is 14.2 Å². The van der Waals surface area contributed by atoms with Gasteiger partial charge in [-0.3, -0.25) is 9.48 Å². The highest BCUT2D eigenvalue weighted by Crippen LogP contribution is 2.29. The van der Waals surface area contributed by atoms with Crippen molar-refractivity contribution >= 4 is 17.5 Å². The molecular formula is C16H20ClN3O3. The van der Waals surface area contributed by atoms with Crippen molar-refractivity contribution < 1.29 is 14.3 Å². The first-order valence-electron chi connectivity index (χ1n) is 7.25. The second kappa shape index (κ2) is 7.37. The molecule has 0 aliphatic carbocycles. The summed E-state index contributed by atoms with van der Waals surface area (Å²) in [6.07, 6.45) is 1.47. The van der Waals surface area contributed by atoms with Crippen LogP contribution in [-0.2, 0) is 6.54 Å². The summed E-state index contributed by atoms with van der Waals surface area (Å²) in [5, 5.41) is 7.32. The number of benzene rings is 1. The third kappa shape index (κ3) is 3.59. The molecule has 2 rings (SSSR count). The molecule has 0 fully saturated rings. The molecule has 0 saturated carbocycles. The van der Waals surface area contributed by atoms with Gasteiger partial charge >= 0.3 is 0 Å². The summed E-state index contributed by atoms with van der Waals surface area (Å²) in [7, 11) is 3.18. The second-order valence-electron chi connectivity index (χ2n) is 4.96. The summed E-state index contributed by atoms with van der Waals surface area (Å²) in [5.74, 6) is 1.08. The zero-order valence-electron chi connectivity index (χ0n) is 13.6. The van der Waals surface area contributed by atoms with Crippen molar-refractivity contribution in [2.24, 2.45) is 0 Å². The van der Waals surface area contributed by atoms with Gasteiger partial charge in [-0.05, 0) is 32.0 Å². The molecule has 0 aliphatic rings. The Bertz CT molecular complexity index is 700. The van der Waals surface area contributed by atoms with Crippen LogP contribution in [-0.4, -0.2) is 29.9 Å². The predicted octanol–water partition coefficient (Wildman–Crippen LogP) is 3.06. The molecule has 124 valence electrons. The first-order valence-corrected chi connectivity index (χ1v) is 7.63. The highest BCUT2D eigenvalue weighted by Gasteiger charge is 2.21. The Morgan fingerprint density at radius 2 is 2.13 bits per heavy atom. The Morgan fingerprint density at radius 3 is 2.74 bits per heavy atom. The molecule has 0 saturated heterocycles. The second-order valence-corrected chi connectivity index (χ2v) is 5.37. The van der Waals surface area contributed by atoms with Crippen LogP contribution in [0, 0.1) is 0 Å². The van der Waals surface area contributed by atoms with Crippen molar-refractivity contribution in [1.29, 1.82) is 0 Å². The van der Waals surface area contributed by atoms with Gasteiger partial charge in [-0.2, -0.15) is 5.10 Å². The van der Waals surface area contributed by atoms with Gasteiger partial charge in [-0.15, -0.1) is 0 Å². The number of hydrogen-bond donors (Lipinski definition) is 1. The summed E-state index contributed by atoms with van der Waals surface area (Å²) in [5.41, 5.74) is 1.17. The van der Waals surface area contributed by atoms with Crippen LogP contribution >= 0.6 is 11.6 Å². The van der Waals surface area contributed by atoms with Crippen LogP contribution in [0.4, 0.5) is 0 Å². The monoisotopic (exact) mass is 337 g/mol. The number of hydrogen-bond acceptors (Lipinski definition) is 4. The maximum atomic E-state index is 12.5. The summed E-state index contributed by atoms with van der Waals surface area (Å²) >= 11 is 6.07. The Balaban J connectivity index is 2.26. The average molecular weight is 338 g/mol. The highest BCUT2D eigenvalue weighted by molar-refractivity contribution is 6.33. The quantitative estimate of drug-likeness (QED) is 0.879. The van der Waals surface area contributed by atoms with Crippen molar-refractivity contribution in [3.05, 3.63) is 40.7 Å². The fourth-order valence-corrected chi connectivity index (χ4v) is 2.58.